The SMILES string of the molecule is CCCCc1noc(C)c1CCc1nc(C)c(C(=O)O[C@H](C)C(N)=O)s1. The molecule has 0 fully saturated rings. The average molecular weight is 379 g/mol. The van der Waals surface area contributed by atoms with Crippen molar-refractivity contribution in [2.24, 2.45) is 5.73 Å². The van der Waals surface area contributed by atoms with Crippen molar-refractivity contribution in [2.45, 2.75) is 65.9 Å². The Bertz CT molecular complexity index is 781. The molecule has 0 aliphatic heterocycles. The number of aryl methyl sites for hydroxylation is 4. The number of nitrogens with two attached hydrogens (primary N) is 1. The van der Waals surface area contributed by atoms with Gasteiger partial charge >= 0.3 is 5.97 Å². The van der Waals surface area contributed by atoms with Gasteiger partial charge in [0.05, 0.1) is 16.4 Å². The Morgan fingerprint density at radius 2 is 2.00 bits per heavy atom. The van der Waals surface area contributed by atoms with Crippen LogP contribution >= 0.6 is 11.3 Å². The maximum absolute atomic E-state index is 12.2. The van der Waals surface area contributed by atoms with E-state index in [0.29, 0.717) is 17.0 Å². The highest BCUT2D eigenvalue weighted by Gasteiger charge is 2.22. The maximum Gasteiger partial charge on any atom is 0.351 e. The molecule has 142 valence electrons. The molecule has 0 bridgehead atoms. The molecule has 2 rings (SSSR count). The number of carbonyl (C=O) groups is 2. The lowest BCUT2D eigenvalue weighted by molar-refractivity contribution is -0.125. The van der Waals surface area contributed by atoms with Crippen molar-refractivity contribution < 1.29 is 18.8 Å². The van der Waals surface area contributed by atoms with E-state index in [1.54, 1.807) is 6.92 Å². The second-order valence-electron chi connectivity index (χ2n) is 6.24. The molecule has 8 heteroatoms. The molecule has 1 amide bonds. The van der Waals surface area contributed by atoms with Gasteiger partial charge in [-0.1, -0.05) is 18.5 Å². The van der Waals surface area contributed by atoms with Crippen LogP contribution in [0.25, 0.3) is 0 Å². The average Bonchev–Trinajstić information content (AvgIpc) is 3.13. The van der Waals surface area contributed by atoms with Crippen LogP contribution in [0.1, 0.15) is 64.1 Å². The van der Waals surface area contributed by atoms with E-state index in [1.165, 1.54) is 18.3 Å². The van der Waals surface area contributed by atoms with Crippen molar-refractivity contribution in [2.75, 3.05) is 0 Å². The van der Waals surface area contributed by atoms with E-state index in [1.807, 2.05) is 6.92 Å². The zero-order valence-electron chi connectivity index (χ0n) is 15.6. The number of hydrogen-bond donors (Lipinski definition) is 1. The van der Waals surface area contributed by atoms with Crippen LogP contribution < -0.4 is 5.73 Å². The monoisotopic (exact) mass is 379 g/mol. The van der Waals surface area contributed by atoms with Gasteiger partial charge in [0, 0.05) is 12.0 Å². The first kappa shape index (κ1) is 20.1. The lowest BCUT2D eigenvalue weighted by Crippen LogP contribution is -2.30. The summed E-state index contributed by atoms with van der Waals surface area (Å²) in [7, 11) is 0. The summed E-state index contributed by atoms with van der Waals surface area (Å²) in [5, 5.41) is 4.99. The summed E-state index contributed by atoms with van der Waals surface area (Å²) < 4.78 is 10.4. The van der Waals surface area contributed by atoms with E-state index in [9.17, 15) is 9.59 Å². The molecule has 2 N–H and O–H groups in total. The Hall–Kier alpha value is -2.22. The zero-order valence-corrected chi connectivity index (χ0v) is 16.4. The first-order valence-electron chi connectivity index (χ1n) is 8.74. The summed E-state index contributed by atoms with van der Waals surface area (Å²) in [6, 6.07) is 0. The molecule has 0 aliphatic carbocycles. The summed E-state index contributed by atoms with van der Waals surface area (Å²) in [5.41, 5.74) is 7.85. The molecule has 7 nitrogen and oxygen atoms in total. The smallest absolute Gasteiger partial charge is 0.351 e. The van der Waals surface area contributed by atoms with Gasteiger partial charge in [0.1, 0.15) is 10.6 Å². The van der Waals surface area contributed by atoms with Gasteiger partial charge in [-0.05, 0) is 40.0 Å². The Morgan fingerprint density at radius 3 is 2.65 bits per heavy atom. The van der Waals surface area contributed by atoms with Gasteiger partial charge < -0.3 is 15.0 Å². The third-order valence-electron chi connectivity index (χ3n) is 4.13. The minimum Gasteiger partial charge on any atom is -0.448 e. The third-order valence-corrected chi connectivity index (χ3v) is 5.33. The lowest BCUT2D eigenvalue weighted by Gasteiger charge is -2.08. The van der Waals surface area contributed by atoms with Crippen molar-refractivity contribution in [1.29, 1.82) is 0 Å². The van der Waals surface area contributed by atoms with Crippen LogP contribution in [-0.2, 0) is 28.8 Å². The summed E-state index contributed by atoms with van der Waals surface area (Å²) >= 11 is 1.28. The number of carbonyl (C=O) groups excluding carboxylic acids is 2. The zero-order chi connectivity index (χ0) is 19.3. The van der Waals surface area contributed by atoms with Crippen LogP contribution in [0, 0.1) is 13.8 Å². The second kappa shape index (κ2) is 8.93. The number of aromatic nitrogens is 2. The van der Waals surface area contributed by atoms with Crippen LogP contribution in [0.3, 0.4) is 0 Å². The first-order valence-corrected chi connectivity index (χ1v) is 9.55. The van der Waals surface area contributed by atoms with Gasteiger partial charge in [-0.2, -0.15) is 0 Å². The molecule has 2 aromatic rings. The molecule has 0 unspecified atom stereocenters. The Morgan fingerprint density at radius 1 is 1.27 bits per heavy atom. The highest BCUT2D eigenvalue weighted by molar-refractivity contribution is 7.13. The van der Waals surface area contributed by atoms with Gasteiger partial charge in [0.2, 0.25) is 0 Å². The summed E-state index contributed by atoms with van der Waals surface area (Å²) in [4.78, 5) is 28.1. The Balaban J connectivity index is 2.05. The fourth-order valence-corrected chi connectivity index (χ4v) is 3.50. The van der Waals surface area contributed by atoms with Gasteiger partial charge in [0.15, 0.2) is 6.10 Å². The maximum atomic E-state index is 12.2. The van der Waals surface area contributed by atoms with Gasteiger partial charge in [0.25, 0.3) is 5.91 Å². The van der Waals surface area contributed by atoms with E-state index >= 15 is 0 Å². The molecule has 0 saturated carbocycles. The van der Waals surface area contributed by atoms with Crippen molar-refractivity contribution >= 4 is 23.2 Å². The molecule has 0 radical (unpaired) electrons. The van der Waals surface area contributed by atoms with E-state index in [4.69, 9.17) is 15.0 Å². The molecule has 0 spiro atoms. The third kappa shape index (κ3) is 4.91. The molecule has 26 heavy (non-hydrogen) atoms. The van der Waals surface area contributed by atoms with Crippen molar-refractivity contribution in [3.05, 3.63) is 32.6 Å². The van der Waals surface area contributed by atoms with Crippen molar-refractivity contribution in [3.63, 3.8) is 0 Å². The molecular formula is C18H25N3O4S. The van der Waals surface area contributed by atoms with Gasteiger partial charge in [-0.3, -0.25) is 4.79 Å². The van der Waals surface area contributed by atoms with Gasteiger partial charge in [-0.15, -0.1) is 11.3 Å². The summed E-state index contributed by atoms with van der Waals surface area (Å²) in [6.07, 6.45) is 3.56. The van der Waals surface area contributed by atoms with Crippen molar-refractivity contribution in [3.8, 4) is 0 Å². The second-order valence-corrected chi connectivity index (χ2v) is 7.32. The van der Waals surface area contributed by atoms with Crippen LogP contribution in [0.2, 0.25) is 0 Å². The van der Waals surface area contributed by atoms with Crippen molar-refractivity contribution in [1.82, 2.24) is 10.1 Å². The number of thiazole rings is 1. The standard InChI is InChI=1S/C18H25N3O4S/c1-5-6-7-14-13(11(3)25-21-14)8-9-15-20-10(2)16(26-15)18(23)24-12(4)17(19)22/h12H,5-9H2,1-4H3,(H2,19,22)/t12-/m1/s1. The fourth-order valence-electron chi connectivity index (χ4n) is 2.55. The number of ether oxygens (including phenoxy) is 1. The lowest BCUT2D eigenvalue weighted by atomic mass is 10.0. The predicted octanol–water partition coefficient (Wildman–Crippen LogP) is 2.91. The molecule has 0 saturated heterocycles. The van der Waals surface area contributed by atoms with Crippen LogP contribution in [0.4, 0.5) is 0 Å². The molecule has 1 atom stereocenters. The molecule has 0 aromatic carbocycles. The number of esters is 1. The number of unbranched alkanes of at least 4 members (excludes halogenated alkanes) is 1. The van der Waals surface area contributed by atoms with E-state index in [0.717, 1.165) is 47.7 Å². The van der Waals surface area contributed by atoms with E-state index in [2.05, 4.69) is 17.1 Å². The number of rotatable bonds is 9. The molecule has 2 heterocycles. The number of hydrogen-bond acceptors (Lipinski definition) is 7. The first-order chi connectivity index (χ1) is 12.3. The summed E-state index contributed by atoms with van der Waals surface area (Å²) in [6.45, 7) is 7.26. The highest BCUT2D eigenvalue weighted by atomic mass is 32.1. The molecule has 2 aromatic heterocycles. The fraction of sp³-hybridized carbons (Fsp3) is 0.556. The number of primary amides is 1. The largest absolute Gasteiger partial charge is 0.448 e. The quantitative estimate of drug-likeness (QED) is 0.671. The van der Waals surface area contributed by atoms with E-state index in [-0.39, 0.29) is 0 Å². The predicted molar refractivity (Wildman–Crippen MR) is 98.2 cm³/mol. The number of amides is 1. The molecular weight excluding hydrogens is 354 g/mol. The highest BCUT2D eigenvalue weighted by Crippen LogP contribution is 2.23. The van der Waals surface area contributed by atoms with Crippen LogP contribution in [0.15, 0.2) is 4.52 Å². The van der Waals surface area contributed by atoms with Crippen LogP contribution in [0.5, 0.6) is 0 Å². The topological polar surface area (TPSA) is 108 Å². The van der Waals surface area contributed by atoms with E-state index < -0.39 is 18.0 Å². The van der Waals surface area contributed by atoms with Gasteiger partial charge in [-0.25, -0.2) is 9.78 Å². The Kier molecular flexibility index (Phi) is 6.90. The Labute approximate surface area is 156 Å². The minimum absolute atomic E-state index is 0.404. The molecule has 0 aliphatic rings. The normalized spacial score (nSPS) is 12.2. The summed E-state index contributed by atoms with van der Waals surface area (Å²) in [5.74, 6) is -0.412. The number of nitrogens with zero attached hydrogens (tertiary/aromatic N) is 2. The minimum atomic E-state index is -0.965. The van der Waals surface area contributed by atoms with Crippen LogP contribution in [-0.4, -0.2) is 28.1 Å².